The molecule has 1 aromatic heterocycles. The lowest BCUT2D eigenvalue weighted by atomic mass is 9.80. The number of nitrogens with two attached hydrogens (primary N) is 1. The minimum Gasteiger partial charge on any atom is -0.493 e. The highest BCUT2D eigenvalue weighted by Gasteiger charge is 2.32. The Labute approximate surface area is 227 Å². The molecule has 9 nitrogen and oxygen atoms in total. The fraction of sp³-hybridized carbons (Fsp3) is 0.357. The zero-order valence-corrected chi connectivity index (χ0v) is 22.6. The van der Waals surface area contributed by atoms with Gasteiger partial charge >= 0.3 is 5.91 Å². The Kier molecular flexibility index (Phi) is 9.15. The summed E-state index contributed by atoms with van der Waals surface area (Å²) < 4.78 is 5.73. The summed E-state index contributed by atoms with van der Waals surface area (Å²) in [6.45, 7) is 4.21. The van der Waals surface area contributed by atoms with Gasteiger partial charge < -0.3 is 15.4 Å². The van der Waals surface area contributed by atoms with Crippen molar-refractivity contribution in [3.05, 3.63) is 70.8 Å². The smallest absolute Gasteiger partial charge is 0.365 e. The van der Waals surface area contributed by atoms with E-state index in [-0.39, 0.29) is 29.3 Å². The summed E-state index contributed by atoms with van der Waals surface area (Å²) in [5, 5.41) is 15.5. The Bertz CT molecular complexity index is 1310. The van der Waals surface area contributed by atoms with Crippen molar-refractivity contribution in [3.63, 3.8) is 0 Å². The van der Waals surface area contributed by atoms with Crippen LogP contribution in [-0.4, -0.2) is 40.7 Å². The van der Waals surface area contributed by atoms with Crippen molar-refractivity contribution >= 4 is 29.1 Å². The molecule has 2 amide bonds. The van der Waals surface area contributed by atoms with Gasteiger partial charge in [0.1, 0.15) is 17.3 Å². The molecule has 5 N–H and O–H groups in total. The van der Waals surface area contributed by atoms with Gasteiger partial charge in [-0.2, -0.15) is 5.10 Å². The Morgan fingerprint density at radius 2 is 1.97 bits per heavy atom. The fourth-order valence-electron chi connectivity index (χ4n) is 4.68. The molecule has 0 spiro atoms. The van der Waals surface area contributed by atoms with Gasteiger partial charge in [-0.1, -0.05) is 36.2 Å². The van der Waals surface area contributed by atoms with E-state index in [0.29, 0.717) is 35.3 Å². The van der Waals surface area contributed by atoms with Crippen LogP contribution in [0.15, 0.2) is 59.9 Å². The van der Waals surface area contributed by atoms with Crippen LogP contribution in [0.25, 0.3) is 11.4 Å². The predicted molar refractivity (Wildman–Crippen MR) is 146 cm³/mol. The molecule has 2 aromatic carbocycles. The molecule has 4 rings (SSSR count). The van der Waals surface area contributed by atoms with E-state index in [1.165, 1.54) is 5.32 Å². The number of nitrogens with one attached hydrogen (secondary N) is 3. The number of rotatable bonds is 9. The van der Waals surface area contributed by atoms with Crippen LogP contribution < -0.4 is 20.7 Å². The van der Waals surface area contributed by atoms with Crippen LogP contribution in [0.2, 0.25) is 5.02 Å². The second kappa shape index (κ2) is 12.7. The summed E-state index contributed by atoms with van der Waals surface area (Å²) in [6.07, 6.45) is 3.12. The summed E-state index contributed by atoms with van der Waals surface area (Å²) in [7, 11) is 1.73. The quantitative estimate of drug-likeness (QED) is 0.243. The maximum Gasteiger partial charge on any atom is 0.365 e. The van der Waals surface area contributed by atoms with Crippen LogP contribution in [0.5, 0.6) is 5.75 Å². The minimum atomic E-state index is -0.254. The van der Waals surface area contributed by atoms with Crippen LogP contribution in [0, 0.1) is 5.92 Å². The number of ether oxygens (including phenoxy) is 1. The SMILES string of the molecule is CCOc1ccc(Cl)cc1-c1n[nH]c(C2CCCC(C(=O)N/C(C(=O)[NH2+]c3ccccc3)=C(\C)NC)C2)n1. The van der Waals surface area contributed by atoms with E-state index in [0.717, 1.165) is 36.3 Å². The van der Waals surface area contributed by atoms with Crippen LogP contribution in [0.3, 0.4) is 0 Å². The zero-order valence-electron chi connectivity index (χ0n) is 21.9. The third-order valence-corrected chi connectivity index (χ3v) is 6.99. The molecule has 1 aliphatic carbocycles. The maximum atomic E-state index is 13.3. The van der Waals surface area contributed by atoms with Crippen molar-refractivity contribution in [2.45, 2.75) is 45.4 Å². The predicted octanol–water partition coefficient (Wildman–Crippen LogP) is 3.79. The standard InChI is InChI=1S/C28H33ClN6O3/c1-4-38-23-14-13-20(29)16-22(23)26-33-25(34-35-26)18-9-8-10-19(15-18)27(36)32-24(17(2)30-3)28(37)31-21-11-6-5-7-12-21/h5-7,11-14,16,18-19,30H,4,8-10,15H2,1-3H3,(H,31,37)(H,32,36)(H,33,34,35)/p+1/b24-17+. The number of hydrogen-bond acceptors (Lipinski definition) is 6. The van der Waals surface area contributed by atoms with Gasteiger partial charge in [0.2, 0.25) is 5.91 Å². The molecule has 1 saturated carbocycles. The van der Waals surface area contributed by atoms with Crippen LogP contribution >= 0.6 is 11.6 Å². The number of carbonyl (C=O) groups excluding carboxylic acids is 2. The van der Waals surface area contributed by atoms with E-state index >= 15 is 0 Å². The molecule has 3 aromatic rings. The van der Waals surface area contributed by atoms with Crippen molar-refractivity contribution in [3.8, 4) is 17.1 Å². The number of aromatic nitrogens is 3. The molecule has 1 fully saturated rings. The number of halogens is 1. The largest absolute Gasteiger partial charge is 0.493 e. The molecule has 0 radical (unpaired) electrons. The van der Waals surface area contributed by atoms with Gasteiger partial charge in [-0.15, -0.1) is 0 Å². The molecule has 0 saturated heterocycles. The number of hydrogen-bond donors (Lipinski definition) is 4. The van der Waals surface area contributed by atoms with Crippen molar-refractivity contribution in [2.24, 2.45) is 5.92 Å². The van der Waals surface area contributed by atoms with Crippen molar-refractivity contribution < 1.29 is 19.6 Å². The van der Waals surface area contributed by atoms with Gasteiger partial charge in [0, 0.05) is 29.6 Å². The number of carbonyl (C=O) groups is 2. The number of benzene rings is 2. The highest BCUT2D eigenvalue weighted by Crippen LogP contribution is 2.37. The molecule has 1 heterocycles. The van der Waals surface area contributed by atoms with E-state index in [1.54, 1.807) is 26.1 Å². The number of nitrogens with zero attached hydrogens (tertiary/aromatic N) is 2. The minimum absolute atomic E-state index is 0.0416. The highest BCUT2D eigenvalue weighted by atomic mass is 35.5. The normalized spacial score (nSPS) is 17.9. The lowest BCUT2D eigenvalue weighted by Crippen LogP contribution is -2.83. The van der Waals surface area contributed by atoms with Crippen molar-refractivity contribution in [1.29, 1.82) is 0 Å². The third-order valence-electron chi connectivity index (χ3n) is 6.76. The highest BCUT2D eigenvalue weighted by molar-refractivity contribution is 6.30. The molecular weight excluding hydrogens is 504 g/mol. The first-order valence-corrected chi connectivity index (χ1v) is 13.3. The molecule has 200 valence electrons. The first-order chi connectivity index (χ1) is 18.4. The Morgan fingerprint density at radius 1 is 1.18 bits per heavy atom. The second-order valence-electron chi connectivity index (χ2n) is 9.34. The van der Waals surface area contributed by atoms with Crippen LogP contribution in [-0.2, 0) is 9.59 Å². The Balaban J connectivity index is 1.46. The van der Waals surface area contributed by atoms with Gasteiger partial charge in [-0.3, -0.25) is 9.89 Å². The van der Waals surface area contributed by atoms with Gasteiger partial charge in [0.05, 0.1) is 12.2 Å². The molecule has 38 heavy (non-hydrogen) atoms. The molecular formula is C28H34ClN6O3+. The summed E-state index contributed by atoms with van der Waals surface area (Å²) in [5.74, 6) is 1.28. The molecule has 2 unspecified atom stereocenters. The third kappa shape index (κ3) is 6.59. The number of para-hydroxylation sites is 1. The molecule has 1 aliphatic rings. The summed E-state index contributed by atoms with van der Waals surface area (Å²) in [6, 6.07) is 14.7. The van der Waals surface area contributed by atoms with E-state index in [4.69, 9.17) is 21.3 Å². The average Bonchev–Trinajstić information content (AvgIpc) is 3.43. The van der Waals surface area contributed by atoms with E-state index in [1.807, 2.05) is 43.3 Å². The summed E-state index contributed by atoms with van der Waals surface area (Å²) in [4.78, 5) is 31.1. The zero-order chi connectivity index (χ0) is 27.1. The van der Waals surface area contributed by atoms with Gasteiger partial charge in [0.25, 0.3) is 0 Å². The van der Waals surface area contributed by atoms with E-state index < -0.39 is 0 Å². The first-order valence-electron chi connectivity index (χ1n) is 12.9. The maximum absolute atomic E-state index is 13.3. The van der Waals surface area contributed by atoms with Gasteiger partial charge in [0.15, 0.2) is 11.5 Å². The number of aromatic amines is 1. The monoisotopic (exact) mass is 537 g/mol. The number of allylic oxidation sites excluding steroid dienone is 1. The number of amides is 2. The van der Waals surface area contributed by atoms with Crippen LogP contribution in [0.1, 0.15) is 51.3 Å². The van der Waals surface area contributed by atoms with Crippen molar-refractivity contribution in [2.75, 3.05) is 13.7 Å². The Morgan fingerprint density at radius 3 is 2.71 bits per heavy atom. The van der Waals surface area contributed by atoms with Gasteiger partial charge in [-0.05, 0) is 63.4 Å². The Hall–Kier alpha value is -3.69. The number of H-pyrrole nitrogens is 1. The van der Waals surface area contributed by atoms with Crippen molar-refractivity contribution in [1.82, 2.24) is 25.8 Å². The molecule has 10 heteroatoms. The molecule has 2 atom stereocenters. The molecule has 0 aliphatic heterocycles. The molecule has 0 bridgehead atoms. The lowest BCUT2D eigenvalue weighted by Gasteiger charge is -2.27. The number of quaternary nitrogens is 1. The average molecular weight is 538 g/mol. The summed E-state index contributed by atoms with van der Waals surface area (Å²) in [5.41, 5.74) is 2.36. The fourth-order valence-corrected chi connectivity index (χ4v) is 4.85. The van der Waals surface area contributed by atoms with Gasteiger partial charge in [-0.25, -0.2) is 15.1 Å². The first kappa shape index (κ1) is 27.3. The summed E-state index contributed by atoms with van der Waals surface area (Å²) >= 11 is 6.22. The second-order valence-corrected chi connectivity index (χ2v) is 9.77. The number of primary amides is 1. The topological polar surface area (TPSA) is 126 Å². The van der Waals surface area contributed by atoms with Crippen LogP contribution in [0.4, 0.5) is 5.69 Å². The van der Waals surface area contributed by atoms with E-state index in [2.05, 4.69) is 20.8 Å². The van der Waals surface area contributed by atoms with E-state index in [9.17, 15) is 9.59 Å². The lowest BCUT2D eigenvalue weighted by molar-refractivity contribution is -0.479.